The molecule has 0 atom stereocenters. The Morgan fingerprint density at radius 1 is 1.22 bits per heavy atom. The molecular weight excluding hydrogens is 510 g/mol. The third-order valence-corrected chi connectivity index (χ3v) is 9.24. The Bertz CT molecular complexity index is 1360. The lowest BCUT2D eigenvalue weighted by molar-refractivity contribution is -0.129. The summed E-state index contributed by atoms with van der Waals surface area (Å²) in [6.45, 7) is 8.63. The number of hydrogen-bond acceptors (Lipinski definition) is 8. The minimum Gasteiger partial charge on any atom is -0.495 e. The van der Waals surface area contributed by atoms with Crippen molar-refractivity contribution in [1.82, 2.24) is 19.6 Å². The SMILES string of the molecule is COc1ccc(-c2sc(NC(C)(C)c3cccnc3)nc2C)cc1S(=O)(=O)NC1CCN(C(C)=O)CC1. The number of piperidine rings is 1. The van der Waals surface area contributed by atoms with Crippen LogP contribution in [0.25, 0.3) is 10.4 Å². The molecule has 198 valence electrons. The number of rotatable bonds is 8. The third kappa shape index (κ3) is 6.11. The number of nitrogens with one attached hydrogen (secondary N) is 2. The molecule has 0 spiro atoms. The Morgan fingerprint density at radius 3 is 2.57 bits per heavy atom. The average molecular weight is 544 g/mol. The summed E-state index contributed by atoms with van der Waals surface area (Å²) in [4.78, 5) is 23.2. The van der Waals surface area contributed by atoms with E-state index in [0.29, 0.717) is 25.9 Å². The van der Waals surface area contributed by atoms with E-state index in [4.69, 9.17) is 9.72 Å². The first-order valence-corrected chi connectivity index (χ1v) is 14.4. The van der Waals surface area contributed by atoms with Gasteiger partial charge in [-0.25, -0.2) is 18.1 Å². The predicted octanol–water partition coefficient (Wildman–Crippen LogP) is 4.16. The first kappa shape index (κ1) is 27.0. The van der Waals surface area contributed by atoms with Gasteiger partial charge in [0.1, 0.15) is 10.6 Å². The Labute approximate surface area is 222 Å². The summed E-state index contributed by atoms with van der Waals surface area (Å²) in [6.07, 6.45) is 4.70. The number of likely N-dealkylation sites (tertiary alicyclic amines) is 1. The van der Waals surface area contributed by atoms with Gasteiger partial charge in [0.15, 0.2) is 5.13 Å². The maximum absolute atomic E-state index is 13.4. The molecule has 11 heteroatoms. The molecule has 9 nitrogen and oxygen atoms in total. The van der Waals surface area contributed by atoms with Gasteiger partial charge in [-0.1, -0.05) is 17.4 Å². The molecule has 2 aromatic heterocycles. The Morgan fingerprint density at radius 2 is 1.95 bits per heavy atom. The minimum absolute atomic E-state index is 0.00767. The zero-order valence-corrected chi connectivity index (χ0v) is 23.4. The number of thiazole rings is 1. The van der Waals surface area contributed by atoms with Crippen molar-refractivity contribution in [3.8, 4) is 16.2 Å². The number of sulfonamides is 1. The number of aromatic nitrogens is 2. The maximum atomic E-state index is 13.4. The number of carbonyl (C=O) groups excluding carboxylic acids is 1. The van der Waals surface area contributed by atoms with E-state index in [1.807, 2.05) is 31.3 Å². The summed E-state index contributed by atoms with van der Waals surface area (Å²) in [5, 5.41) is 4.22. The van der Waals surface area contributed by atoms with Crippen LogP contribution in [0.1, 0.15) is 44.9 Å². The zero-order valence-electron chi connectivity index (χ0n) is 21.7. The minimum atomic E-state index is -3.86. The van der Waals surface area contributed by atoms with Crippen molar-refractivity contribution < 1.29 is 17.9 Å². The van der Waals surface area contributed by atoms with Crippen molar-refractivity contribution >= 4 is 32.4 Å². The van der Waals surface area contributed by atoms with Gasteiger partial charge in [-0.05, 0) is 69.0 Å². The molecule has 3 heterocycles. The largest absolute Gasteiger partial charge is 0.495 e. The van der Waals surface area contributed by atoms with Crippen molar-refractivity contribution in [1.29, 1.82) is 0 Å². The standard InChI is InChI=1S/C26H33N5O4S2/c1-17-24(36-25(28-17)29-26(3,4)20-7-6-12-27-16-20)19-8-9-22(35-5)23(15-19)37(33,34)30-21-10-13-31(14-11-21)18(2)32/h6-9,12,15-16,21,30H,10-11,13-14H2,1-5H3,(H,28,29). The normalized spacial score (nSPS) is 15.0. The molecule has 1 aromatic carbocycles. The molecule has 37 heavy (non-hydrogen) atoms. The van der Waals surface area contributed by atoms with E-state index in [9.17, 15) is 13.2 Å². The molecule has 2 N–H and O–H groups in total. The highest BCUT2D eigenvalue weighted by Gasteiger charge is 2.28. The molecule has 1 fully saturated rings. The topological polar surface area (TPSA) is 114 Å². The molecule has 1 aliphatic rings. The van der Waals surface area contributed by atoms with Crippen molar-refractivity contribution in [2.45, 2.75) is 57.0 Å². The fourth-order valence-corrected chi connectivity index (χ4v) is 7.03. The molecular formula is C26H33N5O4S2. The fraction of sp³-hybridized carbons (Fsp3) is 0.423. The number of pyridine rings is 1. The molecule has 0 saturated carbocycles. The van der Waals surface area contributed by atoms with Crippen LogP contribution in [0.2, 0.25) is 0 Å². The van der Waals surface area contributed by atoms with Crippen LogP contribution < -0.4 is 14.8 Å². The molecule has 3 aromatic rings. The second kappa shape index (κ2) is 10.8. The second-order valence-corrected chi connectivity index (χ2v) is 12.4. The summed E-state index contributed by atoms with van der Waals surface area (Å²) in [5.41, 5.74) is 2.18. The van der Waals surface area contributed by atoms with E-state index in [2.05, 4.69) is 28.9 Å². The lowest BCUT2D eigenvalue weighted by Crippen LogP contribution is -2.45. The van der Waals surface area contributed by atoms with Crippen LogP contribution in [-0.4, -0.2) is 55.4 Å². The Kier molecular flexibility index (Phi) is 7.86. The Balaban J connectivity index is 1.58. The van der Waals surface area contributed by atoms with Gasteiger partial charge >= 0.3 is 0 Å². The summed E-state index contributed by atoms with van der Waals surface area (Å²) < 4.78 is 35.0. The molecule has 0 radical (unpaired) electrons. The zero-order chi connectivity index (χ0) is 26.8. The van der Waals surface area contributed by atoms with Gasteiger partial charge in [-0.15, -0.1) is 0 Å². The number of nitrogens with zero attached hydrogens (tertiary/aromatic N) is 3. The first-order valence-electron chi connectivity index (χ1n) is 12.1. The van der Waals surface area contributed by atoms with E-state index in [0.717, 1.165) is 26.8 Å². The molecule has 0 bridgehead atoms. The number of amides is 1. The van der Waals surface area contributed by atoms with Gasteiger partial charge in [0.05, 0.1) is 23.2 Å². The average Bonchev–Trinajstić information content (AvgIpc) is 3.23. The number of anilines is 1. The highest BCUT2D eigenvalue weighted by Crippen LogP contribution is 2.38. The second-order valence-electron chi connectivity index (χ2n) is 9.69. The lowest BCUT2D eigenvalue weighted by atomic mass is 9.96. The van der Waals surface area contributed by atoms with Gasteiger partial charge in [0, 0.05) is 38.4 Å². The molecule has 1 amide bonds. The number of carbonyl (C=O) groups is 1. The van der Waals surface area contributed by atoms with E-state index >= 15 is 0 Å². The monoisotopic (exact) mass is 543 g/mol. The summed E-state index contributed by atoms with van der Waals surface area (Å²) >= 11 is 1.47. The van der Waals surface area contributed by atoms with Crippen LogP contribution in [0.4, 0.5) is 5.13 Å². The van der Waals surface area contributed by atoms with E-state index in [-0.39, 0.29) is 22.6 Å². The quantitative estimate of drug-likeness (QED) is 0.439. The fourth-order valence-electron chi connectivity index (χ4n) is 4.41. The van der Waals surface area contributed by atoms with Crippen LogP contribution in [0.5, 0.6) is 5.75 Å². The maximum Gasteiger partial charge on any atom is 0.244 e. The van der Waals surface area contributed by atoms with Crippen LogP contribution in [0.3, 0.4) is 0 Å². The van der Waals surface area contributed by atoms with Gasteiger partial charge in [-0.2, -0.15) is 0 Å². The van der Waals surface area contributed by atoms with Crippen molar-refractivity contribution in [3.05, 3.63) is 54.0 Å². The molecule has 0 unspecified atom stereocenters. The van der Waals surface area contributed by atoms with Gasteiger partial charge < -0.3 is 15.0 Å². The third-order valence-electron chi connectivity index (χ3n) is 6.58. The summed E-state index contributed by atoms with van der Waals surface area (Å²) in [5.74, 6) is 0.281. The van der Waals surface area contributed by atoms with Crippen molar-refractivity contribution in [2.24, 2.45) is 0 Å². The number of aryl methyl sites for hydroxylation is 1. The van der Waals surface area contributed by atoms with Crippen molar-refractivity contribution in [3.63, 3.8) is 0 Å². The predicted molar refractivity (Wildman–Crippen MR) is 145 cm³/mol. The molecule has 0 aliphatic carbocycles. The summed E-state index contributed by atoms with van der Waals surface area (Å²) in [6, 6.07) is 8.83. The van der Waals surface area contributed by atoms with E-state index < -0.39 is 15.6 Å². The molecule has 1 saturated heterocycles. The van der Waals surface area contributed by atoms with E-state index in [1.54, 1.807) is 23.2 Å². The molecule has 1 aliphatic heterocycles. The number of methoxy groups -OCH3 is 1. The smallest absolute Gasteiger partial charge is 0.244 e. The van der Waals surface area contributed by atoms with E-state index in [1.165, 1.54) is 25.4 Å². The number of hydrogen-bond donors (Lipinski definition) is 2. The number of benzene rings is 1. The summed E-state index contributed by atoms with van der Waals surface area (Å²) in [7, 11) is -2.40. The highest BCUT2D eigenvalue weighted by molar-refractivity contribution is 7.89. The highest BCUT2D eigenvalue weighted by atomic mass is 32.2. The van der Waals surface area contributed by atoms with Gasteiger partial charge in [0.2, 0.25) is 15.9 Å². The lowest BCUT2D eigenvalue weighted by Gasteiger charge is -2.31. The van der Waals surface area contributed by atoms with Crippen molar-refractivity contribution in [2.75, 3.05) is 25.5 Å². The van der Waals surface area contributed by atoms with Crippen LogP contribution in [0, 0.1) is 6.92 Å². The van der Waals surface area contributed by atoms with Crippen LogP contribution >= 0.6 is 11.3 Å². The first-order chi connectivity index (χ1) is 17.5. The van der Waals surface area contributed by atoms with Gasteiger partial charge in [0.25, 0.3) is 0 Å². The van der Waals surface area contributed by atoms with Crippen LogP contribution in [0.15, 0.2) is 47.6 Å². The Hall–Kier alpha value is -3.02. The van der Waals surface area contributed by atoms with Crippen LogP contribution in [-0.2, 0) is 20.4 Å². The van der Waals surface area contributed by atoms with Gasteiger partial charge in [-0.3, -0.25) is 9.78 Å². The number of ether oxygens (including phenoxy) is 1. The molecule has 4 rings (SSSR count).